The molecule has 3 nitrogen and oxygen atoms in total. The van der Waals surface area contributed by atoms with E-state index in [1.165, 1.54) is 0 Å². The molecule has 0 aliphatic carbocycles. The monoisotopic (exact) mass is 257 g/mol. The number of ether oxygens (including phenoxy) is 1. The molecule has 19 heavy (non-hydrogen) atoms. The first-order valence-electron chi connectivity index (χ1n) is 6.52. The topological polar surface area (TPSA) is 42.4 Å². The molecule has 2 rings (SSSR count). The third kappa shape index (κ3) is 3.32. The molecule has 0 saturated heterocycles. The predicted molar refractivity (Wildman–Crippen MR) is 75.0 cm³/mol. The number of hydrogen-bond donors (Lipinski definition) is 1. The van der Waals surface area contributed by atoms with Crippen LogP contribution in [0.15, 0.2) is 42.6 Å². The Hall–Kier alpha value is -1.87. The van der Waals surface area contributed by atoms with Crippen LogP contribution in [0.4, 0.5) is 0 Å². The van der Waals surface area contributed by atoms with E-state index in [9.17, 15) is 5.11 Å². The summed E-state index contributed by atoms with van der Waals surface area (Å²) in [5.74, 6) is 0.724. The molecule has 0 spiro atoms. The minimum Gasteiger partial charge on any atom is -0.487 e. The van der Waals surface area contributed by atoms with Gasteiger partial charge >= 0.3 is 0 Å². The van der Waals surface area contributed by atoms with Crippen LogP contribution in [0.2, 0.25) is 0 Å². The Morgan fingerprint density at radius 1 is 1.21 bits per heavy atom. The number of nitrogens with zero attached hydrogens (tertiary/aromatic N) is 1. The Morgan fingerprint density at radius 3 is 2.74 bits per heavy atom. The summed E-state index contributed by atoms with van der Waals surface area (Å²) in [7, 11) is 0. The maximum atomic E-state index is 9.97. The van der Waals surface area contributed by atoms with E-state index in [0.717, 1.165) is 22.6 Å². The second-order valence-electron chi connectivity index (χ2n) is 4.52. The Morgan fingerprint density at radius 2 is 2.00 bits per heavy atom. The SMILES string of the molecule is CC[C@H](O)c1ccccc1OCc1ncccc1C. The Labute approximate surface area is 113 Å². The van der Waals surface area contributed by atoms with Crippen LogP contribution in [0.3, 0.4) is 0 Å². The number of benzene rings is 1. The number of rotatable bonds is 5. The lowest BCUT2D eigenvalue weighted by Gasteiger charge is -2.15. The van der Waals surface area contributed by atoms with E-state index >= 15 is 0 Å². The van der Waals surface area contributed by atoms with Crippen molar-refractivity contribution in [2.75, 3.05) is 0 Å². The van der Waals surface area contributed by atoms with Crippen LogP contribution in [0.1, 0.15) is 36.3 Å². The molecule has 1 aromatic heterocycles. The zero-order valence-electron chi connectivity index (χ0n) is 11.3. The first kappa shape index (κ1) is 13.6. The molecular formula is C16H19NO2. The van der Waals surface area contributed by atoms with Crippen LogP contribution in [-0.2, 0) is 6.61 Å². The molecule has 1 N–H and O–H groups in total. The molecule has 2 aromatic rings. The van der Waals surface area contributed by atoms with E-state index in [2.05, 4.69) is 4.98 Å². The molecule has 0 unspecified atom stereocenters. The molecule has 0 fully saturated rings. The highest BCUT2D eigenvalue weighted by Gasteiger charge is 2.11. The fourth-order valence-corrected chi connectivity index (χ4v) is 1.92. The molecule has 0 aliphatic rings. The Bertz CT molecular complexity index is 540. The number of aliphatic hydroxyl groups excluding tert-OH is 1. The second-order valence-corrected chi connectivity index (χ2v) is 4.52. The molecule has 3 heteroatoms. The van der Waals surface area contributed by atoms with Gasteiger partial charge in [-0.05, 0) is 31.0 Å². The largest absolute Gasteiger partial charge is 0.487 e. The van der Waals surface area contributed by atoms with Crippen LogP contribution in [0, 0.1) is 6.92 Å². The third-order valence-corrected chi connectivity index (χ3v) is 3.15. The van der Waals surface area contributed by atoms with Gasteiger partial charge in [0.2, 0.25) is 0 Å². The third-order valence-electron chi connectivity index (χ3n) is 3.15. The average Bonchev–Trinajstić information content (AvgIpc) is 2.46. The first-order valence-corrected chi connectivity index (χ1v) is 6.52. The predicted octanol–water partition coefficient (Wildman–Crippen LogP) is 3.41. The van der Waals surface area contributed by atoms with Crippen molar-refractivity contribution in [3.05, 3.63) is 59.4 Å². The summed E-state index contributed by atoms with van der Waals surface area (Å²) in [4.78, 5) is 4.30. The average molecular weight is 257 g/mol. The minimum atomic E-state index is -0.485. The standard InChI is InChI=1S/C16H19NO2/c1-3-15(18)13-8-4-5-9-16(13)19-11-14-12(2)7-6-10-17-14/h4-10,15,18H,3,11H2,1-2H3/t15-/m0/s1. The summed E-state index contributed by atoms with van der Waals surface area (Å²) < 4.78 is 5.80. The van der Waals surface area contributed by atoms with Crippen molar-refractivity contribution < 1.29 is 9.84 Å². The van der Waals surface area contributed by atoms with Crippen LogP contribution in [-0.4, -0.2) is 10.1 Å². The van der Waals surface area contributed by atoms with Gasteiger partial charge in [-0.15, -0.1) is 0 Å². The number of pyridine rings is 1. The number of para-hydroxylation sites is 1. The zero-order valence-corrected chi connectivity index (χ0v) is 11.3. The minimum absolute atomic E-state index is 0.417. The summed E-state index contributed by atoms with van der Waals surface area (Å²) in [6, 6.07) is 11.5. The number of aromatic nitrogens is 1. The summed E-state index contributed by atoms with van der Waals surface area (Å²) in [5.41, 5.74) is 2.86. The highest BCUT2D eigenvalue weighted by molar-refractivity contribution is 5.35. The molecule has 0 radical (unpaired) electrons. The van der Waals surface area contributed by atoms with Gasteiger partial charge in [-0.2, -0.15) is 0 Å². The van der Waals surface area contributed by atoms with Crippen molar-refractivity contribution in [3.8, 4) is 5.75 Å². The van der Waals surface area contributed by atoms with Gasteiger partial charge < -0.3 is 9.84 Å². The van der Waals surface area contributed by atoms with Crippen LogP contribution in [0.5, 0.6) is 5.75 Å². The van der Waals surface area contributed by atoms with E-state index in [-0.39, 0.29) is 0 Å². The maximum Gasteiger partial charge on any atom is 0.130 e. The second kappa shape index (κ2) is 6.34. The molecule has 1 aromatic carbocycles. The normalized spacial score (nSPS) is 12.2. The van der Waals surface area contributed by atoms with Crippen LogP contribution < -0.4 is 4.74 Å². The molecular weight excluding hydrogens is 238 g/mol. The summed E-state index contributed by atoms with van der Waals surface area (Å²) in [6.07, 6.45) is 1.95. The van der Waals surface area contributed by atoms with Crippen molar-refractivity contribution in [1.29, 1.82) is 0 Å². The molecule has 0 bridgehead atoms. The van der Waals surface area contributed by atoms with Crippen molar-refractivity contribution in [2.45, 2.75) is 33.0 Å². The number of hydrogen-bond acceptors (Lipinski definition) is 3. The summed E-state index contributed by atoms with van der Waals surface area (Å²) >= 11 is 0. The lowest BCUT2D eigenvalue weighted by Crippen LogP contribution is -2.04. The molecule has 0 aliphatic heterocycles. The first-order chi connectivity index (χ1) is 9.22. The van der Waals surface area contributed by atoms with Crippen molar-refractivity contribution >= 4 is 0 Å². The van der Waals surface area contributed by atoms with Gasteiger partial charge in [0.25, 0.3) is 0 Å². The maximum absolute atomic E-state index is 9.97. The zero-order chi connectivity index (χ0) is 13.7. The van der Waals surface area contributed by atoms with Gasteiger partial charge in [0.15, 0.2) is 0 Å². The lowest BCUT2D eigenvalue weighted by atomic mass is 10.1. The summed E-state index contributed by atoms with van der Waals surface area (Å²) in [5, 5.41) is 9.97. The number of aryl methyl sites for hydroxylation is 1. The molecule has 0 saturated carbocycles. The van der Waals surface area contributed by atoms with Crippen LogP contribution in [0.25, 0.3) is 0 Å². The fourth-order valence-electron chi connectivity index (χ4n) is 1.92. The van der Waals surface area contributed by atoms with Crippen molar-refractivity contribution in [2.24, 2.45) is 0 Å². The number of aliphatic hydroxyl groups is 1. The Balaban J connectivity index is 2.14. The Kier molecular flexibility index (Phi) is 4.53. The van der Waals surface area contributed by atoms with Gasteiger partial charge in [0.05, 0.1) is 11.8 Å². The molecule has 100 valence electrons. The van der Waals surface area contributed by atoms with Gasteiger partial charge in [0, 0.05) is 11.8 Å². The quantitative estimate of drug-likeness (QED) is 0.892. The fraction of sp³-hybridized carbons (Fsp3) is 0.312. The van der Waals surface area contributed by atoms with Crippen molar-refractivity contribution in [1.82, 2.24) is 4.98 Å². The van der Waals surface area contributed by atoms with Gasteiger partial charge in [-0.25, -0.2) is 0 Å². The molecule has 1 atom stereocenters. The van der Waals surface area contributed by atoms with Crippen molar-refractivity contribution in [3.63, 3.8) is 0 Å². The van der Waals surface area contributed by atoms with E-state index < -0.39 is 6.10 Å². The highest BCUT2D eigenvalue weighted by atomic mass is 16.5. The highest BCUT2D eigenvalue weighted by Crippen LogP contribution is 2.27. The van der Waals surface area contributed by atoms with Gasteiger partial charge in [-0.3, -0.25) is 4.98 Å². The van der Waals surface area contributed by atoms with E-state index in [0.29, 0.717) is 13.0 Å². The van der Waals surface area contributed by atoms with E-state index in [1.54, 1.807) is 6.20 Å². The van der Waals surface area contributed by atoms with E-state index in [4.69, 9.17) is 4.74 Å². The van der Waals surface area contributed by atoms with Gasteiger partial charge in [-0.1, -0.05) is 31.2 Å². The van der Waals surface area contributed by atoms with Gasteiger partial charge in [0.1, 0.15) is 12.4 Å². The smallest absolute Gasteiger partial charge is 0.130 e. The molecule has 0 amide bonds. The lowest BCUT2D eigenvalue weighted by molar-refractivity contribution is 0.166. The summed E-state index contributed by atoms with van der Waals surface area (Å²) in [6.45, 7) is 4.38. The van der Waals surface area contributed by atoms with E-state index in [1.807, 2.05) is 50.2 Å². The van der Waals surface area contributed by atoms with Crippen LogP contribution >= 0.6 is 0 Å². The molecule has 1 heterocycles.